The van der Waals surface area contributed by atoms with Gasteiger partial charge in [0.1, 0.15) is 5.15 Å². The molecule has 1 aliphatic carbocycles. The van der Waals surface area contributed by atoms with Crippen molar-refractivity contribution in [3.05, 3.63) is 22.2 Å². The molecule has 21 heavy (non-hydrogen) atoms. The van der Waals surface area contributed by atoms with Crippen molar-refractivity contribution in [2.75, 3.05) is 13.1 Å². The third-order valence-electron chi connectivity index (χ3n) is 4.41. The van der Waals surface area contributed by atoms with Gasteiger partial charge in [-0.15, -0.1) is 0 Å². The molecule has 1 aliphatic heterocycles. The maximum Gasteiger partial charge on any atom is 0.256 e. The Balaban J connectivity index is 1.53. The van der Waals surface area contributed by atoms with Gasteiger partial charge in [0.2, 0.25) is 5.28 Å². The van der Waals surface area contributed by atoms with Gasteiger partial charge < -0.3 is 10.2 Å². The Kier molecular flexibility index (Phi) is 4.62. The number of hydrogen-bond acceptors (Lipinski definition) is 4. The summed E-state index contributed by atoms with van der Waals surface area (Å²) >= 11 is 11.6. The Labute approximate surface area is 134 Å². The summed E-state index contributed by atoms with van der Waals surface area (Å²) in [7, 11) is 0. The van der Waals surface area contributed by atoms with Crippen molar-refractivity contribution in [2.45, 2.75) is 44.2 Å². The topological polar surface area (TPSA) is 58.1 Å². The van der Waals surface area contributed by atoms with Crippen molar-refractivity contribution in [3.8, 4) is 0 Å². The lowest BCUT2D eigenvalue weighted by molar-refractivity contribution is 0.0800. The van der Waals surface area contributed by atoms with E-state index in [1.54, 1.807) is 0 Å². The number of rotatable bonds is 3. The van der Waals surface area contributed by atoms with E-state index in [4.69, 9.17) is 23.2 Å². The fourth-order valence-electron chi connectivity index (χ4n) is 2.92. The van der Waals surface area contributed by atoms with E-state index >= 15 is 0 Å². The van der Waals surface area contributed by atoms with Crippen LogP contribution in [0.3, 0.4) is 0 Å². The van der Waals surface area contributed by atoms with Gasteiger partial charge in [-0.1, -0.05) is 18.0 Å². The molecule has 2 fully saturated rings. The molecule has 0 atom stereocenters. The first-order valence-corrected chi connectivity index (χ1v) is 8.12. The average molecular weight is 329 g/mol. The number of carbonyl (C=O) groups excluding carboxylic acids is 1. The van der Waals surface area contributed by atoms with E-state index in [0.29, 0.717) is 0 Å². The Bertz CT molecular complexity index is 528. The lowest BCUT2D eigenvalue weighted by Gasteiger charge is -2.41. The first kappa shape index (κ1) is 15.0. The van der Waals surface area contributed by atoms with Crippen LogP contribution in [0.1, 0.15) is 42.5 Å². The second-order valence-corrected chi connectivity index (χ2v) is 6.41. The summed E-state index contributed by atoms with van der Waals surface area (Å²) in [6.07, 6.45) is 7.35. The van der Waals surface area contributed by atoms with Gasteiger partial charge in [0.25, 0.3) is 5.91 Å². The van der Waals surface area contributed by atoms with Gasteiger partial charge in [-0.2, -0.15) is 0 Å². The van der Waals surface area contributed by atoms with Crippen LogP contribution in [0.4, 0.5) is 0 Å². The SMILES string of the molecule is O=C(NC1CCN(C2CCC2)CC1)c1cnc(Cl)nc1Cl. The summed E-state index contributed by atoms with van der Waals surface area (Å²) in [5, 5.41) is 3.16. The Morgan fingerprint density at radius 1 is 1.24 bits per heavy atom. The number of hydrogen-bond donors (Lipinski definition) is 1. The number of nitrogens with one attached hydrogen (secondary N) is 1. The standard InChI is InChI=1S/C14H18Cl2N4O/c15-12-11(8-17-14(16)19-12)13(21)18-9-4-6-20(7-5-9)10-2-1-3-10/h8-10H,1-7H2,(H,18,21). The van der Waals surface area contributed by atoms with Gasteiger partial charge in [-0.25, -0.2) is 9.97 Å². The molecule has 114 valence electrons. The Hall–Kier alpha value is -0.910. The van der Waals surface area contributed by atoms with Crippen LogP contribution >= 0.6 is 23.2 Å². The zero-order valence-corrected chi connectivity index (χ0v) is 13.2. The Morgan fingerprint density at radius 2 is 1.95 bits per heavy atom. The molecule has 1 saturated carbocycles. The van der Waals surface area contributed by atoms with Gasteiger partial charge in [0, 0.05) is 31.4 Å². The van der Waals surface area contributed by atoms with Crippen molar-refractivity contribution >= 4 is 29.1 Å². The number of piperidine rings is 1. The van der Waals surface area contributed by atoms with Gasteiger partial charge >= 0.3 is 0 Å². The van der Waals surface area contributed by atoms with Crippen molar-refractivity contribution in [2.24, 2.45) is 0 Å². The van der Waals surface area contributed by atoms with Crippen molar-refractivity contribution < 1.29 is 4.79 Å². The molecule has 1 amide bonds. The zero-order valence-electron chi connectivity index (χ0n) is 11.7. The maximum atomic E-state index is 12.2. The van der Waals surface area contributed by atoms with Gasteiger partial charge in [0.05, 0.1) is 5.56 Å². The monoisotopic (exact) mass is 328 g/mol. The predicted molar refractivity (Wildman–Crippen MR) is 81.8 cm³/mol. The molecule has 2 aliphatic rings. The van der Waals surface area contributed by atoms with Gasteiger partial charge in [0.15, 0.2) is 0 Å². The minimum absolute atomic E-state index is 0.0466. The van der Waals surface area contributed by atoms with Crippen molar-refractivity contribution in [1.82, 2.24) is 20.2 Å². The number of carbonyl (C=O) groups is 1. The summed E-state index contributed by atoms with van der Waals surface area (Å²) in [5.74, 6) is -0.223. The second kappa shape index (κ2) is 6.46. The first-order chi connectivity index (χ1) is 10.1. The molecule has 0 radical (unpaired) electrons. The summed E-state index contributed by atoms with van der Waals surface area (Å²) in [4.78, 5) is 22.3. The van der Waals surface area contributed by atoms with E-state index in [2.05, 4.69) is 20.2 Å². The molecular weight excluding hydrogens is 311 g/mol. The van der Waals surface area contributed by atoms with Gasteiger partial charge in [-0.3, -0.25) is 4.79 Å². The first-order valence-electron chi connectivity index (χ1n) is 7.36. The fourth-order valence-corrected chi connectivity index (χ4v) is 3.31. The highest BCUT2D eigenvalue weighted by Crippen LogP contribution is 2.27. The van der Waals surface area contributed by atoms with Crippen molar-refractivity contribution in [3.63, 3.8) is 0 Å². The molecule has 5 nitrogen and oxygen atoms in total. The second-order valence-electron chi connectivity index (χ2n) is 5.71. The molecule has 3 rings (SSSR count). The summed E-state index contributed by atoms with van der Waals surface area (Å²) in [6.45, 7) is 2.11. The van der Waals surface area contributed by atoms with E-state index < -0.39 is 0 Å². The average Bonchev–Trinajstić information content (AvgIpc) is 2.38. The van der Waals surface area contributed by atoms with Crippen LogP contribution in [0.25, 0.3) is 0 Å². The number of nitrogens with zero attached hydrogens (tertiary/aromatic N) is 3. The minimum Gasteiger partial charge on any atom is -0.349 e. The van der Waals surface area contributed by atoms with Crippen LogP contribution in [-0.2, 0) is 0 Å². The van der Waals surface area contributed by atoms with Crippen LogP contribution in [0.2, 0.25) is 10.4 Å². The van der Waals surface area contributed by atoms with Crippen LogP contribution in [0.15, 0.2) is 6.20 Å². The van der Waals surface area contributed by atoms with E-state index in [0.717, 1.165) is 32.0 Å². The lowest BCUT2D eigenvalue weighted by Crippen LogP contribution is -2.49. The smallest absolute Gasteiger partial charge is 0.256 e. The molecule has 2 heterocycles. The molecule has 7 heteroatoms. The molecule has 1 aromatic heterocycles. The van der Waals surface area contributed by atoms with E-state index in [-0.39, 0.29) is 27.9 Å². The van der Waals surface area contributed by atoms with E-state index in [1.165, 1.54) is 25.5 Å². The minimum atomic E-state index is -0.223. The zero-order chi connectivity index (χ0) is 14.8. The highest BCUT2D eigenvalue weighted by atomic mass is 35.5. The van der Waals surface area contributed by atoms with Crippen LogP contribution in [0.5, 0.6) is 0 Å². The van der Waals surface area contributed by atoms with Gasteiger partial charge in [-0.05, 0) is 37.3 Å². The predicted octanol–water partition coefficient (Wildman–Crippen LogP) is 2.53. The molecule has 1 N–H and O–H groups in total. The number of aromatic nitrogens is 2. The normalized spacial score (nSPS) is 21.0. The number of amides is 1. The molecule has 0 spiro atoms. The third-order valence-corrected chi connectivity index (χ3v) is 4.88. The molecule has 0 bridgehead atoms. The molecule has 0 aromatic carbocycles. The maximum absolute atomic E-state index is 12.2. The van der Waals surface area contributed by atoms with Crippen LogP contribution in [0, 0.1) is 0 Å². The highest BCUT2D eigenvalue weighted by molar-refractivity contribution is 6.34. The Morgan fingerprint density at radius 3 is 2.52 bits per heavy atom. The summed E-state index contributed by atoms with van der Waals surface area (Å²) in [5.41, 5.74) is 0.280. The third kappa shape index (κ3) is 3.47. The summed E-state index contributed by atoms with van der Waals surface area (Å²) in [6, 6.07) is 0.973. The largest absolute Gasteiger partial charge is 0.349 e. The fraction of sp³-hybridized carbons (Fsp3) is 0.643. The molecule has 1 aromatic rings. The molecule has 0 unspecified atom stereocenters. The number of halogens is 2. The van der Waals surface area contributed by atoms with Crippen LogP contribution < -0.4 is 5.32 Å². The van der Waals surface area contributed by atoms with Crippen molar-refractivity contribution in [1.29, 1.82) is 0 Å². The molecule has 1 saturated heterocycles. The highest BCUT2D eigenvalue weighted by Gasteiger charge is 2.29. The molecular formula is C14H18Cl2N4O. The lowest BCUT2D eigenvalue weighted by atomic mass is 9.89. The van der Waals surface area contributed by atoms with Crippen LogP contribution in [-0.4, -0.2) is 45.9 Å². The number of likely N-dealkylation sites (tertiary alicyclic amines) is 1. The van der Waals surface area contributed by atoms with E-state index in [1.807, 2.05) is 0 Å². The van der Waals surface area contributed by atoms with E-state index in [9.17, 15) is 4.79 Å². The summed E-state index contributed by atoms with van der Waals surface area (Å²) < 4.78 is 0. The quantitative estimate of drug-likeness (QED) is 0.684.